The minimum atomic E-state index is -1.04. The topological polar surface area (TPSA) is 104 Å². The van der Waals surface area contributed by atoms with E-state index in [0.717, 1.165) is 16.7 Å². The fourth-order valence-electron chi connectivity index (χ4n) is 3.15. The van der Waals surface area contributed by atoms with Gasteiger partial charge in [-0.3, -0.25) is 4.79 Å². The lowest BCUT2D eigenvalue weighted by Gasteiger charge is -2.11. The Balaban J connectivity index is 1.89. The highest BCUT2D eigenvalue weighted by Crippen LogP contribution is 2.28. The third kappa shape index (κ3) is 6.09. The molecule has 0 saturated carbocycles. The summed E-state index contributed by atoms with van der Waals surface area (Å²) in [6, 6.07) is 15.4. The highest BCUT2D eigenvalue weighted by molar-refractivity contribution is 6.30. The minimum Gasteiger partial charge on any atom is -0.482 e. The zero-order chi connectivity index (χ0) is 23.1. The maximum Gasteiger partial charge on any atom is 0.341 e. The molecule has 0 bridgehead atoms. The Bertz CT molecular complexity index is 1180. The van der Waals surface area contributed by atoms with Crippen molar-refractivity contribution in [2.75, 3.05) is 11.9 Å². The van der Waals surface area contributed by atoms with E-state index < -0.39 is 12.6 Å². The summed E-state index contributed by atoms with van der Waals surface area (Å²) < 4.78 is 5.28. The molecule has 3 N–H and O–H groups in total. The number of rotatable bonds is 6. The van der Waals surface area contributed by atoms with E-state index in [-0.39, 0.29) is 5.91 Å². The van der Waals surface area contributed by atoms with Crippen molar-refractivity contribution in [2.24, 2.45) is 0 Å². The molecule has 0 aliphatic heterocycles. The van der Waals surface area contributed by atoms with Crippen molar-refractivity contribution < 1.29 is 19.4 Å². The van der Waals surface area contributed by atoms with Gasteiger partial charge in [-0.05, 0) is 73.5 Å². The van der Waals surface area contributed by atoms with Crippen molar-refractivity contribution in [3.05, 3.63) is 88.7 Å². The summed E-state index contributed by atoms with van der Waals surface area (Å²) >= 11 is 5.97. The Morgan fingerprint density at radius 2 is 1.84 bits per heavy atom. The van der Waals surface area contributed by atoms with Gasteiger partial charge in [-0.2, -0.15) is 0 Å². The van der Waals surface area contributed by atoms with E-state index in [1.807, 2.05) is 13.8 Å². The van der Waals surface area contributed by atoms with Crippen LogP contribution in [0.5, 0.6) is 5.75 Å². The number of carbonyl (C=O) groups excluding carboxylic acids is 1. The number of benzene rings is 2. The number of aliphatic carboxylic acids is 1. The molecule has 1 amide bonds. The minimum absolute atomic E-state index is 0.286. The predicted molar refractivity (Wildman–Crippen MR) is 124 cm³/mol. The van der Waals surface area contributed by atoms with Gasteiger partial charge >= 0.3 is 5.97 Å². The summed E-state index contributed by atoms with van der Waals surface area (Å²) in [6.45, 7) is 3.37. The van der Waals surface area contributed by atoms with Crippen LogP contribution in [0.1, 0.15) is 21.5 Å². The van der Waals surface area contributed by atoms with E-state index >= 15 is 0 Å². The van der Waals surface area contributed by atoms with E-state index in [2.05, 4.69) is 15.3 Å². The van der Waals surface area contributed by atoms with Gasteiger partial charge in [0.25, 0.3) is 5.91 Å². The molecule has 0 aliphatic rings. The quantitative estimate of drug-likeness (QED) is 0.478. The molecular weight excluding hydrogens is 430 g/mol. The van der Waals surface area contributed by atoms with Gasteiger partial charge in [0.2, 0.25) is 0 Å². The monoisotopic (exact) mass is 451 g/mol. The molecule has 0 unspecified atom stereocenters. The SMILES string of the molecule is Cc1cc(OCC(=O)O)cc(C)c1-c1ncccc(C(=O)Nc2cccc(Cl)c2)cc[nH]1. The lowest BCUT2D eigenvalue weighted by molar-refractivity contribution is -0.139. The number of carbonyl (C=O) groups is 2. The van der Waals surface area contributed by atoms with Crippen LogP contribution in [0.4, 0.5) is 5.69 Å². The lowest BCUT2D eigenvalue weighted by Crippen LogP contribution is -2.11. The number of aromatic nitrogens is 2. The standard InChI is InChI=1S/C24H22ClN3O4/c1-15-11-20(32-14-21(29)30)12-16(2)22(15)23-26-9-4-5-17(8-10-27-23)24(31)28-19-7-3-6-18(25)13-19/h3-13H,14H2,1-2H3,(H,26,27)(H,28,31)(H,29,30). The summed E-state index contributed by atoms with van der Waals surface area (Å²) in [5, 5.41) is 12.1. The second kappa shape index (κ2) is 10.5. The molecule has 0 atom stereocenters. The molecule has 0 aliphatic carbocycles. The van der Waals surface area contributed by atoms with Crippen molar-refractivity contribution in [3.63, 3.8) is 0 Å². The second-order valence-corrected chi connectivity index (χ2v) is 7.43. The summed E-state index contributed by atoms with van der Waals surface area (Å²) in [7, 11) is 0. The number of amides is 1. The predicted octanol–water partition coefficient (Wildman–Crippen LogP) is 5.19. The number of nitrogens with one attached hydrogen (secondary N) is 2. The fraction of sp³-hybridized carbons (Fsp3) is 0.125. The second-order valence-electron chi connectivity index (χ2n) is 7.00. The molecule has 7 nitrogen and oxygen atoms in total. The maximum absolute atomic E-state index is 12.6. The van der Waals surface area contributed by atoms with Gasteiger partial charge in [0.05, 0.1) is 0 Å². The van der Waals surface area contributed by atoms with E-state index in [0.29, 0.717) is 27.8 Å². The Kier molecular flexibility index (Phi) is 7.46. The number of H-pyrrole nitrogens is 1. The Labute approximate surface area is 190 Å². The zero-order valence-electron chi connectivity index (χ0n) is 17.6. The number of anilines is 1. The molecule has 3 aromatic rings. The zero-order valence-corrected chi connectivity index (χ0v) is 18.3. The van der Waals surface area contributed by atoms with Crippen LogP contribution >= 0.6 is 11.6 Å². The van der Waals surface area contributed by atoms with Crippen LogP contribution in [-0.4, -0.2) is 33.6 Å². The maximum atomic E-state index is 12.6. The van der Waals surface area contributed by atoms with Crippen molar-refractivity contribution in [2.45, 2.75) is 13.8 Å². The smallest absolute Gasteiger partial charge is 0.341 e. The highest BCUT2D eigenvalue weighted by atomic mass is 35.5. The van der Waals surface area contributed by atoms with E-state index in [1.54, 1.807) is 67.0 Å². The van der Waals surface area contributed by atoms with Gasteiger partial charge in [-0.1, -0.05) is 17.7 Å². The number of carboxylic acids is 1. The first-order chi connectivity index (χ1) is 15.3. The number of hydrogen-bond donors (Lipinski definition) is 3. The molecule has 0 saturated heterocycles. The van der Waals surface area contributed by atoms with E-state index in [1.165, 1.54) is 0 Å². The average molecular weight is 452 g/mol. The summed E-state index contributed by atoms with van der Waals surface area (Å²) in [6.07, 6.45) is 3.23. The first kappa shape index (κ1) is 22.8. The van der Waals surface area contributed by atoms with Crippen LogP contribution < -0.4 is 10.1 Å². The lowest BCUT2D eigenvalue weighted by atomic mass is 10.0. The van der Waals surface area contributed by atoms with Gasteiger partial charge in [0.1, 0.15) is 11.6 Å². The summed E-state index contributed by atoms with van der Waals surface area (Å²) in [5.74, 6) is -0.264. The number of carboxylic acid groups (broad SMARTS) is 1. The normalized spacial score (nSPS) is 10.2. The Morgan fingerprint density at radius 1 is 1.09 bits per heavy atom. The number of halogens is 1. The molecular formula is C24H22ClN3O4. The molecule has 8 heteroatoms. The molecule has 32 heavy (non-hydrogen) atoms. The van der Waals surface area contributed by atoms with Crippen molar-refractivity contribution in [1.82, 2.24) is 9.97 Å². The van der Waals surface area contributed by atoms with E-state index in [4.69, 9.17) is 21.4 Å². The van der Waals surface area contributed by atoms with E-state index in [9.17, 15) is 9.59 Å². The molecule has 0 radical (unpaired) electrons. The van der Waals surface area contributed by atoms with Gasteiger partial charge in [-0.15, -0.1) is 0 Å². The van der Waals surface area contributed by atoms with Crippen LogP contribution in [0.2, 0.25) is 5.02 Å². The summed E-state index contributed by atoms with van der Waals surface area (Å²) in [4.78, 5) is 31.0. The molecule has 1 heterocycles. The molecule has 164 valence electrons. The first-order valence-corrected chi connectivity index (χ1v) is 10.1. The molecule has 3 rings (SSSR count). The molecule has 0 spiro atoms. The number of aryl methyl sites for hydroxylation is 2. The molecule has 1 aromatic heterocycles. The van der Waals surface area contributed by atoms with Gasteiger partial charge in [0, 0.05) is 34.2 Å². The van der Waals surface area contributed by atoms with Crippen molar-refractivity contribution in [3.8, 4) is 17.1 Å². The third-order valence-electron chi connectivity index (χ3n) is 4.50. The van der Waals surface area contributed by atoms with Gasteiger partial charge in [0.15, 0.2) is 6.61 Å². The number of aromatic amines is 1. The third-order valence-corrected chi connectivity index (χ3v) is 4.73. The van der Waals surface area contributed by atoms with Gasteiger partial charge in [-0.25, -0.2) is 9.78 Å². The van der Waals surface area contributed by atoms with Crippen LogP contribution in [0.15, 0.2) is 67.0 Å². The Hall–Kier alpha value is -3.84. The average Bonchev–Trinajstić information content (AvgIpc) is 2.84. The van der Waals surface area contributed by atoms with Crippen LogP contribution in [0.3, 0.4) is 0 Å². The summed E-state index contributed by atoms with van der Waals surface area (Å²) in [5.41, 5.74) is 3.61. The van der Waals surface area contributed by atoms with Crippen molar-refractivity contribution in [1.29, 1.82) is 0 Å². The molecule has 2 aromatic carbocycles. The largest absolute Gasteiger partial charge is 0.482 e. The van der Waals surface area contributed by atoms with Crippen molar-refractivity contribution >= 4 is 29.2 Å². The number of nitrogens with zero attached hydrogens (tertiary/aromatic N) is 1. The number of ether oxygens (including phenoxy) is 1. The highest BCUT2D eigenvalue weighted by Gasteiger charge is 2.11. The number of hydrogen-bond acceptors (Lipinski definition) is 4. The molecule has 0 fully saturated rings. The van der Waals surface area contributed by atoms with Crippen LogP contribution in [0, 0.1) is 13.8 Å². The Morgan fingerprint density at radius 3 is 2.53 bits per heavy atom. The fourth-order valence-corrected chi connectivity index (χ4v) is 3.34. The van der Waals surface area contributed by atoms with Crippen LogP contribution in [0.25, 0.3) is 11.4 Å². The van der Waals surface area contributed by atoms with Crippen LogP contribution in [-0.2, 0) is 4.79 Å². The first-order valence-electron chi connectivity index (χ1n) is 9.74. The van der Waals surface area contributed by atoms with Gasteiger partial charge < -0.3 is 20.1 Å².